The highest BCUT2D eigenvalue weighted by Crippen LogP contribution is 2.38. The lowest BCUT2D eigenvalue weighted by Crippen LogP contribution is -2.31. The Hall–Kier alpha value is -4.33. The van der Waals surface area contributed by atoms with Crippen molar-refractivity contribution in [1.29, 1.82) is 0 Å². The molecule has 1 N–H and O–H groups in total. The second-order valence-electron chi connectivity index (χ2n) is 8.16. The van der Waals surface area contributed by atoms with Crippen LogP contribution in [0.15, 0.2) is 48.8 Å². The Morgan fingerprint density at radius 3 is 2.16 bits per heavy atom. The summed E-state index contributed by atoms with van der Waals surface area (Å²) in [7, 11) is 0.332. The number of halogens is 1. The zero-order valence-corrected chi connectivity index (χ0v) is 22.1. The second-order valence-corrected chi connectivity index (χ2v) is 10.2. The van der Waals surface area contributed by atoms with Gasteiger partial charge in [0.15, 0.2) is 11.6 Å². The second kappa shape index (κ2) is 11.0. The van der Waals surface area contributed by atoms with Gasteiger partial charge in [0, 0.05) is 12.0 Å². The van der Waals surface area contributed by atoms with Crippen molar-refractivity contribution in [3.8, 4) is 34.6 Å². The molecule has 0 unspecified atom stereocenters. The molecule has 1 aromatic carbocycles. The van der Waals surface area contributed by atoms with Gasteiger partial charge in [-0.05, 0) is 25.1 Å². The van der Waals surface area contributed by atoms with E-state index >= 15 is 0 Å². The maximum Gasteiger partial charge on any atom is 0.243 e. The first-order chi connectivity index (χ1) is 18.2. The molecule has 4 aromatic rings. The summed E-state index contributed by atoms with van der Waals surface area (Å²) in [5, 5.41) is 7.34. The molecule has 0 saturated carbocycles. The van der Waals surface area contributed by atoms with Crippen LogP contribution in [-0.4, -0.2) is 64.7 Å². The zero-order valence-electron chi connectivity index (χ0n) is 21.3. The van der Waals surface area contributed by atoms with Gasteiger partial charge in [-0.2, -0.15) is 0 Å². The molecule has 0 aliphatic rings. The van der Waals surface area contributed by atoms with Crippen molar-refractivity contribution >= 4 is 16.0 Å². The minimum absolute atomic E-state index is 0.133. The third-order valence-electron chi connectivity index (χ3n) is 5.92. The van der Waals surface area contributed by atoms with Gasteiger partial charge in [0.25, 0.3) is 0 Å². The fourth-order valence-electron chi connectivity index (χ4n) is 3.69. The van der Waals surface area contributed by atoms with Crippen molar-refractivity contribution in [1.82, 2.24) is 29.7 Å². The number of aromatic nitrogens is 6. The van der Waals surface area contributed by atoms with Crippen LogP contribution in [0.5, 0.6) is 17.4 Å². The van der Waals surface area contributed by atoms with Crippen LogP contribution in [0.25, 0.3) is 17.2 Å². The van der Waals surface area contributed by atoms with Gasteiger partial charge in [0.05, 0.1) is 39.0 Å². The van der Waals surface area contributed by atoms with Gasteiger partial charge in [-0.3, -0.25) is 9.29 Å². The Bertz CT molecular complexity index is 1510. The van der Waals surface area contributed by atoms with Crippen LogP contribution in [0.3, 0.4) is 0 Å². The first kappa shape index (κ1) is 26.7. The van der Waals surface area contributed by atoms with E-state index in [2.05, 4.69) is 29.9 Å². The van der Waals surface area contributed by atoms with Gasteiger partial charge in [-0.1, -0.05) is 19.1 Å². The number of ether oxygens (including phenoxy) is 3. The van der Waals surface area contributed by atoms with Gasteiger partial charge in [0.2, 0.25) is 21.9 Å². The summed E-state index contributed by atoms with van der Waals surface area (Å²) < 4.78 is 60.6. The Kier molecular flexibility index (Phi) is 7.71. The van der Waals surface area contributed by atoms with Crippen molar-refractivity contribution in [2.45, 2.75) is 25.0 Å². The maximum atomic E-state index is 13.5. The highest BCUT2D eigenvalue weighted by molar-refractivity contribution is 7.93. The fourth-order valence-corrected chi connectivity index (χ4v) is 4.92. The molecule has 2 atom stereocenters. The van der Waals surface area contributed by atoms with Crippen LogP contribution in [0, 0.1) is 5.82 Å². The first-order valence-corrected chi connectivity index (χ1v) is 12.9. The quantitative estimate of drug-likeness (QED) is 0.317. The molecular weight excluding hydrogens is 517 g/mol. The standard InChI is InChI=1S/C24H26FN7O5S/c1-14(22-26-12-16(25)13-27-22)15(2)38(33,34)31-24-30-29-23(17-8-6-11-20(28-17)37-5)32(24)21-18(35-3)9-7-10-19(21)36-4/h6-15H,1-5H3,(H,30,31)/t14-,15-/m0/s1. The number of hydrogen-bond acceptors (Lipinski definition) is 10. The van der Waals surface area contributed by atoms with Crippen molar-refractivity contribution in [3.05, 3.63) is 60.4 Å². The molecule has 12 nitrogen and oxygen atoms in total. The Balaban J connectivity index is 1.84. The summed E-state index contributed by atoms with van der Waals surface area (Å²) in [5.41, 5.74) is 0.707. The molecule has 200 valence electrons. The van der Waals surface area contributed by atoms with Crippen molar-refractivity contribution < 1.29 is 27.0 Å². The van der Waals surface area contributed by atoms with E-state index in [4.69, 9.17) is 14.2 Å². The molecule has 0 bridgehead atoms. The van der Waals surface area contributed by atoms with E-state index in [1.807, 2.05) is 0 Å². The number of nitrogens with one attached hydrogen (secondary N) is 1. The zero-order chi connectivity index (χ0) is 27.4. The molecule has 14 heteroatoms. The predicted octanol–water partition coefficient (Wildman–Crippen LogP) is 3.22. The summed E-state index contributed by atoms with van der Waals surface area (Å²) in [6, 6.07) is 10.2. The van der Waals surface area contributed by atoms with Crippen LogP contribution < -0.4 is 18.9 Å². The van der Waals surface area contributed by atoms with Crippen LogP contribution in [0.1, 0.15) is 25.6 Å². The average Bonchev–Trinajstić information content (AvgIpc) is 3.34. The average molecular weight is 544 g/mol. The Labute approximate surface area is 218 Å². The number of para-hydroxylation sites is 1. The smallest absolute Gasteiger partial charge is 0.243 e. The Morgan fingerprint density at radius 2 is 1.55 bits per heavy atom. The molecule has 0 fully saturated rings. The van der Waals surface area contributed by atoms with Gasteiger partial charge in [-0.15, -0.1) is 10.2 Å². The molecule has 0 aliphatic heterocycles. The highest BCUT2D eigenvalue weighted by atomic mass is 32.2. The number of nitrogens with zero attached hydrogens (tertiary/aromatic N) is 6. The van der Waals surface area contributed by atoms with Crippen LogP contribution in [-0.2, 0) is 10.0 Å². The van der Waals surface area contributed by atoms with E-state index in [-0.39, 0.29) is 17.6 Å². The van der Waals surface area contributed by atoms with E-state index in [1.165, 1.54) is 32.8 Å². The van der Waals surface area contributed by atoms with Crippen molar-refractivity contribution in [2.75, 3.05) is 26.1 Å². The number of hydrogen-bond donors (Lipinski definition) is 1. The summed E-state index contributed by atoms with van der Waals surface area (Å²) >= 11 is 0. The molecule has 3 heterocycles. The highest BCUT2D eigenvalue weighted by Gasteiger charge is 2.32. The van der Waals surface area contributed by atoms with E-state index in [1.54, 1.807) is 43.3 Å². The number of methoxy groups -OCH3 is 3. The molecule has 0 amide bonds. The monoisotopic (exact) mass is 543 g/mol. The van der Waals surface area contributed by atoms with E-state index in [0.29, 0.717) is 28.8 Å². The summed E-state index contributed by atoms with van der Waals surface area (Å²) in [4.78, 5) is 12.3. The van der Waals surface area contributed by atoms with Gasteiger partial charge in [0.1, 0.15) is 28.7 Å². The number of rotatable bonds is 10. The summed E-state index contributed by atoms with van der Waals surface area (Å²) in [6.45, 7) is 3.13. The number of benzene rings is 1. The Morgan fingerprint density at radius 1 is 0.921 bits per heavy atom. The minimum atomic E-state index is -4.10. The van der Waals surface area contributed by atoms with Gasteiger partial charge >= 0.3 is 0 Å². The lowest BCUT2D eigenvalue weighted by Gasteiger charge is -2.21. The van der Waals surface area contributed by atoms with E-state index in [9.17, 15) is 12.8 Å². The summed E-state index contributed by atoms with van der Waals surface area (Å²) in [6.07, 6.45) is 1.98. The predicted molar refractivity (Wildman–Crippen MR) is 137 cm³/mol. The molecule has 0 spiro atoms. The number of pyridine rings is 1. The van der Waals surface area contributed by atoms with Crippen LogP contribution in [0.2, 0.25) is 0 Å². The summed E-state index contributed by atoms with van der Waals surface area (Å²) in [5.74, 6) is 0.0199. The number of anilines is 1. The molecule has 38 heavy (non-hydrogen) atoms. The van der Waals surface area contributed by atoms with Crippen LogP contribution in [0.4, 0.5) is 10.3 Å². The topological polar surface area (TPSA) is 143 Å². The molecule has 3 aromatic heterocycles. The fraction of sp³-hybridized carbons (Fsp3) is 0.292. The third kappa shape index (κ3) is 5.20. The first-order valence-electron chi connectivity index (χ1n) is 11.4. The van der Waals surface area contributed by atoms with Gasteiger partial charge in [-0.25, -0.2) is 27.8 Å². The van der Waals surface area contributed by atoms with E-state index < -0.39 is 27.0 Å². The molecule has 0 radical (unpaired) electrons. The van der Waals surface area contributed by atoms with Crippen molar-refractivity contribution in [2.24, 2.45) is 0 Å². The normalized spacial score (nSPS) is 13.0. The van der Waals surface area contributed by atoms with Crippen molar-refractivity contribution in [3.63, 3.8) is 0 Å². The van der Waals surface area contributed by atoms with Crippen LogP contribution >= 0.6 is 0 Å². The molecule has 0 aliphatic carbocycles. The maximum absolute atomic E-state index is 13.5. The molecular formula is C24H26FN7O5S. The minimum Gasteiger partial charge on any atom is -0.494 e. The lowest BCUT2D eigenvalue weighted by molar-refractivity contribution is 0.391. The number of sulfonamides is 1. The molecule has 0 saturated heterocycles. The lowest BCUT2D eigenvalue weighted by atomic mass is 10.1. The third-order valence-corrected chi connectivity index (χ3v) is 7.78. The van der Waals surface area contributed by atoms with E-state index in [0.717, 1.165) is 12.4 Å². The SMILES string of the molecule is COc1cccc(-c2nnc(NS(=O)(=O)[C@@H](C)[C@H](C)c3ncc(F)cn3)n2-c2c(OC)cccc2OC)n1. The van der Waals surface area contributed by atoms with Gasteiger partial charge < -0.3 is 14.2 Å². The molecule has 4 rings (SSSR count). The largest absolute Gasteiger partial charge is 0.494 e.